The first-order valence-corrected chi connectivity index (χ1v) is 8.17. The molecule has 8 nitrogen and oxygen atoms in total. The summed E-state index contributed by atoms with van der Waals surface area (Å²) >= 11 is 0. The lowest BCUT2D eigenvalue weighted by atomic mass is 10.2. The Kier molecular flexibility index (Phi) is 4.56. The summed E-state index contributed by atoms with van der Waals surface area (Å²) in [4.78, 5) is 10.9. The summed E-state index contributed by atoms with van der Waals surface area (Å²) in [7, 11) is -3.37. The highest BCUT2D eigenvalue weighted by Crippen LogP contribution is 2.17. The van der Waals surface area contributed by atoms with Crippen LogP contribution in [0.1, 0.15) is 6.92 Å². The second-order valence-electron chi connectivity index (χ2n) is 4.56. The summed E-state index contributed by atoms with van der Waals surface area (Å²) in [6, 6.07) is 10.1. The van der Waals surface area contributed by atoms with Crippen molar-refractivity contribution in [1.82, 2.24) is 10.2 Å². The number of hydrogen-bond acceptors (Lipinski definition) is 6. The molecule has 3 N–H and O–H groups in total. The van der Waals surface area contributed by atoms with Crippen molar-refractivity contribution in [3.63, 3.8) is 0 Å². The minimum Gasteiger partial charge on any atom is -0.339 e. The Morgan fingerprint density at radius 2 is 1.50 bits per heavy atom. The number of sulfonamides is 1. The molecule has 0 aliphatic heterocycles. The van der Waals surface area contributed by atoms with Crippen LogP contribution in [0.25, 0.3) is 0 Å². The number of nitrogens with one attached hydrogen (secondary N) is 3. The summed E-state index contributed by atoms with van der Waals surface area (Å²) < 4.78 is 24.3. The second-order valence-corrected chi connectivity index (χ2v) is 6.31. The molecule has 0 radical (unpaired) electrons. The average Bonchev–Trinajstić information content (AvgIpc) is 2.41. The lowest BCUT2D eigenvalue weighted by Gasteiger charge is -2.07. The molecule has 116 valence electrons. The van der Waals surface area contributed by atoms with Gasteiger partial charge in [-0.25, -0.2) is 8.42 Å². The van der Waals surface area contributed by atoms with Crippen molar-refractivity contribution in [3.05, 3.63) is 36.4 Å². The number of anilines is 4. The van der Waals surface area contributed by atoms with Gasteiger partial charge in [0.05, 0.1) is 6.26 Å². The van der Waals surface area contributed by atoms with Crippen molar-refractivity contribution in [3.8, 4) is 0 Å². The van der Waals surface area contributed by atoms with Crippen LogP contribution in [0.15, 0.2) is 36.4 Å². The molecule has 1 aromatic carbocycles. The molecule has 1 aromatic heterocycles. The van der Waals surface area contributed by atoms with Gasteiger partial charge in [-0.3, -0.25) is 9.52 Å². The van der Waals surface area contributed by atoms with Crippen molar-refractivity contribution < 1.29 is 13.2 Å². The van der Waals surface area contributed by atoms with Crippen molar-refractivity contribution in [2.24, 2.45) is 0 Å². The van der Waals surface area contributed by atoms with Crippen molar-refractivity contribution in [2.45, 2.75) is 6.92 Å². The van der Waals surface area contributed by atoms with Crippen LogP contribution < -0.4 is 15.4 Å². The molecule has 1 amide bonds. The SMILES string of the molecule is CC(=O)Nc1ccc(Nc2ccc(NS(C)(=O)=O)nn2)cc1. The molecule has 0 fully saturated rings. The molecule has 9 heteroatoms. The highest BCUT2D eigenvalue weighted by molar-refractivity contribution is 7.92. The fourth-order valence-electron chi connectivity index (χ4n) is 1.63. The number of rotatable bonds is 5. The number of carbonyl (C=O) groups is 1. The second kappa shape index (κ2) is 6.39. The average molecular weight is 321 g/mol. The number of nitrogens with zero attached hydrogens (tertiary/aromatic N) is 2. The Morgan fingerprint density at radius 3 is 2.00 bits per heavy atom. The molecule has 0 spiro atoms. The van der Waals surface area contributed by atoms with Gasteiger partial charge in [0.25, 0.3) is 0 Å². The molecule has 0 saturated heterocycles. The molecule has 0 atom stereocenters. The van der Waals surface area contributed by atoms with Gasteiger partial charge in [0.2, 0.25) is 15.9 Å². The number of benzene rings is 1. The number of carbonyl (C=O) groups excluding carboxylic acids is 1. The van der Waals surface area contributed by atoms with Crippen LogP contribution in [0.2, 0.25) is 0 Å². The van der Waals surface area contributed by atoms with Gasteiger partial charge >= 0.3 is 0 Å². The largest absolute Gasteiger partial charge is 0.339 e. The molecule has 2 rings (SSSR count). The molecule has 0 saturated carbocycles. The van der Waals surface area contributed by atoms with Gasteiger partial charge in [0.1, 0.15) is 0 Å². The molecule has 2 aromatic rings. The maximum absolute atomic E-state index is 11.1. The Labute approximate surface area is 128 Å². The summed E-state index contributed by atoms with van der Waals surface area (Å²) in [5.41, 5.74) is 1.45. The number of amides is 1. The van der Waals surface area contributed by atoms with E-state index in [1.165, 1.54) is 13.0 Å². The van der Waals surface area contributed by atoms with E-state index in [-0.39, 0.29) is 11.7 Å². The van der Waals surface area contributed by atoms with Crippen LogP contribution in [0, 0.1) is 0 Å². The minimum atomic E-state index is -3.37. The summed E-state index contributed by atoms with van der Waals surface area (Å²) in [5.74, 6) is 0.473. The van der Waals surface area contributed by atoms with Crippen LogP contribution in [-0.2, 0) is 14.8 Å². The van der Waals surface area contributed by atoms with Crippen LogP contribution in [0.4, 0.5) is 23.0 Å². The number of aromatic nitrogens is 2. The zero-order valence-corrected chi connectivity index (χ0v) is 12.8. The summed E-state index contributed by atoms with van der Waals surface area (Å²) in [6.45, 7) is 1.44. The quantitative estimate of drug-likeness (QED) is 0.770. The molecule has 0 aliphatic rings. The minimum absolute atomic E-state index is 0.138. The van der Waals surface area contributed by atoms with E-state index in [9.17, 15) is 13.2 Å². The van der Waals surface area contributed by atoms with E-state index >= 15 is 0 Å². The van der Waals surface area contributed by atoms with E-state index in [0.29, 0.717) is 11.5 Å². The highest BCUT2D eigenvalue weighted by atomic mass is 32.2. The fourth-order valence-corrected chi connectivity index (χ4v) is 2.12. The van der Waals surface area contributed by atoms with Crippen molar-refractivity contribution >= 4 is 38.9 Å². The molecule has 22 heavy (non-hydrogen) atoms. The van der Waals surface area contributed by atoms with Crippen molar-refractivity contribution in [1.29, 1.82) is 0 Å². The van der Waals surface area contributed by atoms with E-state index in [4.69, 9.17) is 0 Å². The molecule has 0 bridgehead atoms. The predicted molar refractivity (Wildman–Crippen MR) is 84.5 cm³/mol. The molecule has 0 aliphatic carbocycles. The van der Waals surface area contributed by atoms with Gasteiger partial charge in [-0.1, -0.05) is 0 Å². The van der Waals surface area contributed by atoms with Crippen LogP contribution in [-0.4, -0.2) is 30.8 Å². The lowest BCUT2D eigenvalue weighted by Crippen LogP contribution is -2.11. The molecule has 1 heterocycles. The first-order chi connectivity index (χ1) is 10.3. The monoisotopic (exact) mass is 321 g/mol. The standard InChI is InChI=1S/C13H15N5O3S/c1-9(19)14-10-3-5-11(6-4-10)15-12-7-8-13(17-16-12)18-22(2,20)21/h3-8H,1-2H3,(H,14,19)(H,15,16)(H,17,18). The third kappa shape index (κ3) is 5.02. The van der Waals surface area contributed by atoms with Gasteiger partial charge in [0, 0.05) is 18.3 Å². The maximum Gasteiger partial charge on any atom is 0.231 e. The first-order valence-electron chi connectivity index (χ1n) is 6.28. The third-order valence-electron chi connectivity index (χ3n) is 2.43. The first kappa shape index (κ1) is 15.7. The van der Waals surface area contributed by atoms with E-state index in [0.717, 1.165) is 11.9 Å². The lowest BCUT2D eigenvalue weighted by molar-refractivity contribution is -0.114. The normalized spacial score (nSPS) is 10.8. The molecular formula is C13H15N5O3S. The molecular weight excluding hydrogens is 306 g/mol. The topological polar surface area (TPSA) is 113 Å². The Hall–Kier alpha value is -2.68. The van der Waals surface area contributed by atoms with Crippen LogP contribution in [0.3, 0.4) is 0 Å². The van der Waals surface area contributed by atoms with E-state index in [1.807, 2.05) is 0 Å². The summed E-state index contributed by atoms with van der Waals surface area (Å²) in [6.07, 6.45) is 1.04. The highest BCUT2D eigenvalue weighted by Gasteiger charge is 2.04. The van der Waals surface area contributed by atoms with E-state index < -0.39 is 10.0 Å². The summed E-state index contributed by atoms with van der Waals surface area (Å²) in [5, 5.41) is 13.3. The van der Waals surface area contributed by atoms with E-state index in [1.54, 1.807) is 30.3 Å². The number of hydrogen-bond donors (Lipinski definition) is 3. The van der Waals surface area contributed by atoms with Crippen molar-refractivity contribution in [2.75, 3.05) is 21.6 Å². The fraction of sp³-hybridized carbons (Fsp3) is 0.154. The van der Waals surface area contributed by atoms with Gasteiger partial charge < -0.3 is 10.6 Å². The Balaban J connectivity index is 2.03. The van der Waals surface area contributed by atoms with Gasteiger partial charge in [-0.15, -0.1) is 10.2 Å². The Morgan fingerprint density at radius 1 is 0.955 bits per heavy atom. The van der Waals surface area contributed by atoms with Crippen LogP contribution >= 0.6 is 0 Å². The zero-order chi connectivity index (χ0) is 16.2. The Bertz CT molecular complexity index is 757. The van der Waals surface area contributed by atoms with Gasteiger partial charge in [-0.2, -0.15) is 0 Å². The van der Waals surface area contributed by atoms with Gasteiger partial charge in [0.15, 0.2) is 11.6 Å². The molecule has 0 unspecified atom stereocenters. The van der Waals surface area contributed by atoms with E-state index in [2.05, 4.69) is 25.6 Å². The van der Waals surface area contributed by atoms with Crippen LogP contribution in [0.5, 0.6) is 0 Å². The smallest absolute Gasteiger partial charge is 0.231 e. The zero-order valence-electron chi connectivity index (χ0n) is 12.0. The van der Waals surface area contributed by atoms with Gasteiger partial charge in [-0.05, 0) is 36.4 Å². The predicted octanol–water partition coefficient (Wildman–Crippen LogP) is 1.55. The maximum atomic E-state index is 11.1. The third-order valence-corrected chi connectivity index (χ3v) is 3.01.